The molecule has 5 heteroatoms. The average molecular weight is 360 g/mol. The number of amides is 2. The van der Waals surface area contributed by atoms with Crippen molar-refractivity contribution in [1.82, 2.24) is 0 Å². The molecular weight excluding hydrogens is 340 g/mol. The Labute approximate surface area is 158 Å². The number of rotatable bonds is 4. The van der Waals surface area contributed by atoms with Crippen molar-refractivity contribution in [2.75, 3.05) is 23.4 Å². The Balaban J connectivity index is 1.73. The minimum atomic E-state index is -0.119. The number of anilines is 2. The molecule has 2 aromatic rings. The number of ether oxygens (including phenoxy) is 1. The second kappa shape index (κ2) is 7.16. The largest absolute Gasteiger partial charge is 0.481 e. The van der Waals surface area contributed by atoms with Crippen LogP contribution in [0, 0.1) is 12.3 Å². The van der Waals surface area contributed by atoms with Crippen molar-refractivity contribution < 1.29 is 14.3 Å². The number of hydrogen-bond acceptors (Lipinski definition) is 3. The zero-order chi connectivity index (χ0) is 18.8. The maximum absolute atomic E-state index is 12.4. The minimum Gasteiger partial charge on any atom is -0.481 e. The zero-order valence-corrected chi connectivity index (χ0v) is 14.9. The van der Waals surface area contributed by atoms with E-state index in [1.165, 1.54) is 0 Å². The highest BCUT2D eigenvalue weighted by Crippen LogP contribution is 2.42. The minimum absolute atomic E-state index is 0.0517. The van der Waals surface area contributed by atoms with Crippen molar-refractivity contribution in [3.8, 4) is 18.1 Å². The molecule has 1 saturated heterocycles. The van der Waals surface area contributed by atoms with Crippen LogP contribution in [0.2, 0.25) is 0 Å². The molecule has 0 aromatic heterocycles. The summed E-state index contributed by atoms with van der Waals surface area (Å²) in [5.41, 5.74) is 3.53. The smallest absolute Gasteiger partial charge is 0.227 e. The van der Waals surface area contributed by atoms with Gasteiger partial charge in [0.2, 0.25) is 11.8 Å². The van der Waals surface area contributed by atoms with Gasteiger partial charge in [0.25, 0.3) is 0 Å². The first-order valence-corrected chi connectivity index (χ1v) is 9.06. The number of carbonyl (C=O) groups excluding carboxylic acids is 2. The predicted molar refractivity (Wildman–Crippen MR) is 104 cm³/mol. The van der Waals surface area contributed by atoms with E-state index in [-0.39, 0.29) is 24.3 Å². The van der Waals surface area contributed by atoms with Crippen molar-refractivity contribution in [3.63, 3.8) is 0 Å². The van der Waals surface area contributed by atoms with E-state index in [4.69, 9.17) is 11.2 Å². The highest BCUT2D eigenvalue weighted by Gasteiger charge is 2.30. The van der Waals surface area contributed by atoms with Gasteiger partial charge in [-0.2, -0.15) is 0 Å². The summed E-state index contributed by atoms with van der Waals surface area (Å²) < 4.78 is 5.69. The third-order valence-corrected chi connectivity index (χ3v) is 5.07. The number of hydrogen-bond donors (Lipinski definition) is 1. The molecule has 4 rings (SSSR count). The number of para-hydroxylation sites is 1. The molecule has 0 bridgehead atoms. The van der Waals surface area contributed by atoms with Crippen LogP contribution in [-0.4, -0.2) is 25.0 Å². The zero-order valence-electron chi connectivity index (χ0n) is 14.9. The van der Waals surface area contributed by atoms with E-state index < -0.39 is 0 Å². The van der Waals surface area contributed by atoms with Crippen LogP contribution in [0.5, 0.6) is 5.75 Å². The van der Waals surface area contributed by atoms with Gasteiger partial charge < -0.3 is 15.0 Å². The molecule has 27 heavy (non-hydrogen) atoms. The molecular formula is C22H20N2O3. The molecule has 0 radical (unpaired) electrons. The number of nitrogens with zero attached hydrogens (tertiary/aromatic N) is 1. The summed E-state index contributed by atoms with van der Waals surface area (Å²) in [6.07, 6.45) is 7.10. The van der Waals surface area contributed by atoms with Gasteiger partial charge in [-0.1, -0.05) is 30.2 Å². The van der Waals surface area contributed by atoms with Gasteiger partial charge in [0.1, 0.15) is 12.4 Å². The molecule has 1 N–H and O–H groups in total. The third kappa shape index (κ3) is 3.26. The van der Waals surface area contributed by atoms with E-state index in [1.54, 1.807) is 4.90 Å². The summed E-state index contributed by atoms with van der Waals surface area (Å²) in [5, 5.41) is 2.95. The molecule has 2 aliphatic rings. The first-order chi connectivity index (χ1) is 13.2. The standard InChI is InChI=1S/C22H20N2O3/c1-2-12-27-20-7-4-3-6-17(20)18-14-21(25)23-19-13-15(9-10-16(18)19)24-11-5-8-22(24)26/h1,3-4,6-7,9-10,13,18H,5,8,11-12,14H2,(H,23,25)/t18-/m1/s1. The van der Waals surface area contributed by atoms with Crippen LogP contribution in [0.3, 0.4) is 0 Å². The summed E-state index contributed by atoms with van der Waals surface area (Å²) in [5.74, 6) is 3.13. The van der Waals surface area contributed by atoms with E-state index in [0.717, 1.165) is 35.5 Å². The van der Waals surface area contributed by atoms with Crippen LogP contribution in [0.1, 0.15) is 36.3 Å². The van der Waals surface area contributed by atoms with Crippen LogP contribution in [0.25, 0.3) is 0 Å². The lowest BCUT2D eigenvalue weighted by atomic mass is 9.84. The maximum Gasteiger partial charge on any atom is 0.227 e. The van der Waals surface area contributed by atoms with Crippen LogP contribution in [0.4, 0.5) is 11.4 Å². The molecule has 5 nitrogen and oxygen atoms in total. The first kappa shape index (κ1) is 17.2. The molecule has 0 aliphatic carbocycles. The molecule has 1 atom stereocenters. The van der Waals surface area contributed by atoms with Crippen LogP contribution < -0.4 is 15.0 Å². The van der Waals surface area contributed by atoms with Gasteiger partial charge >= 0.3 is 0 Å². The number of benzene rings is 2. The molecule has 2 aliphatic heterocycles. The fourth-order valence-electron chi connectivity index (χ4n) is 3.84. The summed E-state index contributed by atoms with van der Waals surface area (Å²) >= 11 is 0. The Bertz CT molecular complexity index is 945. The fraction of sp³-hybridized carbons (Fsp3) is 0.273. The quantitative estimate of drug-likeness (QED) is 0.851. The van der Waals surface area contributed by atoms with Gasteiger partial charge in [-0.3, -0.25) is 9.59 Å². The Hall–Kier alpha value is -3.26. The normalized spacial score (nSPS) is 18.6. The molecule has 0 saturated carbocycles. The van der Waals surface area contributed by atoms with Crippen molar-refractivity contribution >= 4 is 23.2 Å². The lowest BCUT2D eigenvalue weighted by Gasteiger charge is -2.28. The SMILES string of the molecule is C#CCOc1ccccc1[C@@H]1CC(=O)Nc2cc(N3CCCC3=O)ccc21. The van der Waals surface area contributed by atoms with Gasteiger partial charge in [-0.15, -0.1) is 6.42 Å². The highest BCUT2D eigenvalue weighted by molar-refractivity contribution is 5.99. The molecule has 2 heterocycles. The van der Waals surface area contributed by atoms with Crippen molar-refractivity contribution in [2.24, 2.45) is 0 Å². The van der Waals surface area contributed by atoms with E-state index in [1.807, 2.05) is 42.5 Å². The van der Waals surface area contributed by atoms with E-state index in [9.17, 15) is 9.59 Å². The second-order valence-electron chi connectivity index (χ2n) is 6.76. The number of fused-ring (bicyclic) bond motifs is 1. The maximum atomic E-state index is 12.4. The summed E-state index contributed by atoms with van der Waals surface area (Å²) in [6, 6.07) is 13.5. The Kier molecular flexibility index (Phi) is 4.55. The molecule has 0 spiro atoms. The van der Waals surface area contributed by atoms with E-state index in [2.05, 4.69) is 11.2 Å². The van der Waals surface area contributed by atoms with E-state index >= 15 is 0 Å². The summed E-state index contributed by atoms with van der Waals surface area (Å²) in [4.78, 5) is 26.2. The lowest BCUT2D eigenvalue weighted by Crippen LogP contribution is -2.26. The summed E-state index contributed by atoms with van der Waals surface area (Å²) in [7, 11) is 0. The number of carbonyl (C=O) groups is 2. The molecule has 2 aromatic carbocycles. The van der Waals surface area contributed by atoms with Crippen molar-refractivity contribution in [2.45, 2.75) is 25.2 Å². The fourth-order valence-corrected chi connectivity index (χ4v) is 3.84. The van der Waals surface area contributed by atoms with Crippen LogP contribution in [-0.2, 0) is 9.59 Å². The van der Waals surface area contributed by atoms with Crippen LogP contribution in [0.15, 0.2) is 42.5 Å². The monoisotopic (exact) mass is 360 g/mol. The first-order valence-electron chi connectivity index (χ1n) is 9.06. The van der Waals surface area contributed by atoms with Gasteiger partial charge in [0, 0.05) is 42.2 Å². The summed E-state index contributed by atoms with van der Waals surface area (Å²) in [6.45, 7) is 0.899. The molecule has 1 fully saturated rings. The topological polar surface area (TPSA) is 58.6 Å². The van der Waals surface area contributed by atoms with Gasteiger partial charge in [0.15, 0.2) is 0 Å². The van der Waals surface area contributed by atoms with E-state index in [0.29, 0.717) is 18.6 Å². The Morgan fingerprint density at radius 1 is 1.19 bits per heavy atom. The van der Waals surface area contributed by atoms with Gasteiger partial charge in [0.05, 0.1) is 0 Å². The molecule has 2 amide bonds. The van der Waals surface area contributed by atoms with Crippen LogP contribution >= 0.6 is 0 Å². The van der Waals surface area contributed by atoms with Crippen molar-refractivity contribution in [3.05, 3.63) is 53.6 Å². The Morgan fingerprint density at radius 2 is 2.04 bits per heavy atom. The molecule has 136 valence electrons. The highest BCUT2D eigenvalue weighted by atomic mass is 16.5. The van der Waals surface area contributed by atoms with Gasteiger partial charge in [-0.05, 0) is 30.2 Å². The average Bonchev–Trinajstić information content (AvgIpc) is 3.11. The number of terminal acetylenes is 1. The second-order valence-corrected chi connectivity index (χ2v) is 6.76. The Morgan fingerprint density at radius 3 is 2.81 bits per heavy atom. The molecule has 0 unspecified atom stereocenters. The lowest BCUT2D eigenvalue weighted by molar-refractivity contribution is -0.117. The van der Waals surface area contributed by atoms with Gasteiger partial charge in [-0.25, -0.2) is 0 Å². The number of nitrogens with one attached hydrogen (secondary N) is 1. The predicted octanol–water partition coefficient (Wildman–Crippen LogP) is 3.30. The van der Waals surface area contributed by atoms with Crippen molar-refractivity contribution in [1.29, 1.82) is 0 Å². The third-order valence-electron chi connectivity index (χ3n) is 5.07.